The summed E-state index contributed by atoms with van der Waals surface area (Å²) < 4.78 is 25.7. The van der Waals surface area contributed by atoms with E-state index in [0.717, 1.165) is 22.0 Å². The zero-order valence-electron chi connectivity index (χ0n) is 22.2. The number of aromatic nitrogens is 1. The van der Waals surface area contributed by atoms with Crippen molar-refractivity contribution in [3.63, 3.8) is 0 Å². The average Bonchev–Trinajstić information content (AvgIpc) is 3.35. The molecule has 1 N–H and O–H groups in total. The molecule has 2 atom stereocenters. The molecule has 2 aliphatic rings. The second-order valence-corrected chi connectivity index (χ2v) is 10.2. The number of nitrogens with one attached hydrogen (secondary N) is 1. The number of amides is 2. The smallest absolute Gasteiger partial charge is 0.254 e. The van der Waals surface area contributed by atoms with Gasteiger partial charge in [-0.1, -0.05) is 48.5 Å². The predicted octanol–water partition coefficient (Wildman–Crippen LogP) is 4.60. The number of para-hydroxylation sites is 2. The maximum Gasteiger partial charge on any atom is 0.254 e. The fourth-order valence-electron chi connectivity index (χ4n) is 6.28. The van der Waals surface area contributed by atoms with Gasteiger partial charge in [0.1, 0.15) is 5.82 Å². The molecule has 0 radical (unpaired) electrons. The lowest BCUT2D eigenvalue weighted by Crippen LogP contribution is -2.67. The van der Waals surface area contributed by atoms with Gasteiger partial charge in [0.05, 0.1) is 26.5 Å². The van der Waals surface area contributed by atoms with Crippen LogP contribution in [0.5, 0.6) is 11.5 Å². The molecule has 0 aliphatic carbocycles. The van der Waals surface area contributed by atoms with Crippen molar-refractivity contribution in [2.75, 3.05) is 33.9 Å². The number of piperazine rings is 1. The second-order valence-electron chi connectivity index (χ2n) is 10.2. The first-order chi connectivity index (χ1) is 18.9. The van der Waals surface area contributed by atoms with Crippen LogP contribution in [0.1, 0.15) is 35.2 Å². The van der Waals surface area contributed by atoms with Crippen LogP contribution >= 0.6 is 0 Å². The van der Waals surface area contributed by atoms with Crippen LogP contribution in [0.4, 0.5) is 4.39 Å². The molecule has 8 heteroatoms. The van der Waals surface area contributed by atoms with Crippen molar-refractivity contribution in [2.45, 2.75) is 24.8 Å². The van der Waals surface area contributed by atoms with Gasteiger partial charge in [-0.15, -0.1) is 0 Å². The number of hydrogen-bond acceptors (Lipinski definition) is 4. The molecule has 0 saturated carbocycles. The number of rotatable bonds is 6. The molecule has 0 unspecified atom stereocenters. The fraction of sp³-hybridized carbons (Fsp3) is 0.290. The van der Waals surface area contributed by atoms with Gasteiger partial charge in [0.15, 0.2) is 17.0 Å². The summed E-state index contributed by atoms with van der Waals surface area (Å²) in [5, 5.41) is 0.993. The third-order valence-corrected chi connectivity index (χ3v) is 8.24. The molecule has 39 heavy (non-hydrogen) atoms. The monoisotopic (exact) mass is 527 g/mol. The summed E-state index contributed by atoms with van der Waals surface area (Å²) in [6.45, 7) is 2.31. The summed E-state index contributed by atoms with van der Waals surface area (Å²) in [7, 11) is 3.20. The summed E-state index contributed by atoms with van der Waals surface area (Å²) in [6, 6.07) is 20.2. The Hall–Kier alpha value is -4.33. The second kappa shape index (κ2) is 9.45. The zero-order chi connectivity index (χ0) is 27.3. The van der Waals surface area contributed by atoms with Crippen LogP contribution in [-0.2, 0) is 21.5 Å². The first-order valence-corrected chi connectivity index (χ1v) is 13.0. The van der Waals surface area contributed by atoms with E-state index in [9.17, 15) is 14.0 Å². The van der Waals surface area contributed by atoms with E-state index in [1.807, 2.05) is 49.4 Å². The Morgan fingerprint density at radius 2 is 1.77 bits per heavy atom. The Kier molecular flexibility index (Phi) is 6.05. The number of fused-ring (bicyclic) bond motifs is 5. The largest absolute Gasteiger partial charge is 0.493 e. The first kappa shape index (κ1) is 25.0. The molecule has 6 rings (SSSR count). The minimum atomic E-state index is -1.23. The van der Waals surface area contributed by atoms with Crippen LogP contribution in [0.2, 0.25) is 0 Å². The number of carbonyl (C=O) groups is 2. The van der Waals surface area contributed by atoms with Gasteiger partial charge in [0, 0.05) is 35.5 Å². The predicted molar refractivity (Wildman–Crippen MR) is 145 cm³/mol. The van der Waals surface area contributed by atoms with Crippen LogP contribution in [0.15, 0.2) is 66.7 Å². The zero-order valence-corrected chi connectivity index (χ0v) is 22.2. The maximum absolute atomic E-state index is 14.3. The molecule has 200 valence electrons. The normalized spacial score (nSPS) is 20.7. The highest BCUT2D eigenvalue weighted by molar-refractivity contribution is 6.01. The lowest BCUT2D eigenvalue weighted by atomic mass is 9.76. The van der Waals surface area contributed by atoms with Crippen LogP contribution in [0.3, 0.4) is 0 Å². The highest BCUT2D eigenvalue weighted by Crippen LogP contribution is 2.50. The maximum atomic E-state index is 14.3. The lowest BCUT2D eigenvalue weighted by Gasteiger charge is -2.51. The van der Waals surface area contributed by atoms with Crippen molar-refractivity contribution in [3.8, 4) is 11.5 Å². The van der Waals surface area contributed by atoms with Crippen molar-refractivity contribution in [1.82, 2.24) is 14.8 Å². The van der Waals surface area contributed by atoms with E-state index >= 15 is 0 Å². The number of benzene rings is 3. The van der Waals surface area contributed by atoms with Crippen LogP contribution < -0.4 is 9.47 Å². The van der Waals surface area contributed by atoms with E-state index in [4.69, 9.17) is 9.47 Å². The van der Waals surface area contributed by atoms with Gasteiger partial charge in [-0.25, -0.2) is 4.39 Å². The minimum Gasteiger partial charge on any atom is -0.493 e. The van der Waals surface area contributed by atoms with Gasteiger partial charge >= 0.3 is 0 Å². The van der Waals surface area contributed by atoms with Gasteiger partial charge in [0.25, 0.3) is 5.91 Å². The van der Waals surface area contributed by atoms with E-state index < -0.39 is 5.54 Å². The van der Waals surface area contributed by atoms with Gasteiger partial charge in [-0.3, -0.25) is 9.59 Å². The van der Waals surface area contributed by atoms with E-state index in [0.29, 0.717) is 35.7 Å². The number of hydrogen-bond donors (Lipinski definition) is 1. The molecule has 0 bridgehead atoms. The van der Waals surface area contributed by atoms with Crippen LogP contribution in [-0.4, -0.2) is 60.5 Å². The Bertz CT molecular complexity index is 1600. The summed E-state index contributed by atoms with van der Waals surface area (Å²) in [4.78, 5) is 34.7. The quantitative estimate of drug-likeness (QED) is 0.398. The Morgan fingerprint density at radius 3 is 2.54 bits per heavy atom. The SMILES string of the molecule is COc1cccc([C@@H]2CN3C(=O)CN(CCc4ccccc4F)C(=O)[C@]3(C)c3[nH]c4ccccc4c32)c1OC. The van der Waals surface area contributed by atoms with Crippen molar-refractivity contribution < 1.29 is 23.5 Å². The van der Waals surface area contributed by atoms with E-state index in [-0.39, 0.29) is 36.6 Å². The number of methoxy groups -OCH3 is 2. The summed E-state index contributed by atoms with van der Waals surface area (Å²) in [5.41, 5.74) is 2.71. The van der Waals surface area contributed by atoms with E-state index in [1.54, 1.807) is 42.2 Å². The molecule has 7 nitrogen and oxygen atoms in total. The third-order valence-electron chi connectivity index (χ3n) is 8.24. The minimum absolute atomic E-state index is 0.0552. The average molecular weight is 528 g/mol. The molecule has 1 aromatic heterocycles. The Balaban J connectivity index is 1.47. The Morgan fingerprint density at radius 1 is 1.00 bits per heavy atom. The number of ether oxygens (including phenoxy) is 2. The molecule has 1 fully saturated rings. The summed E-state index contributed by atoms with van der Waals surface area (Å²) in [6.07, 6.45) is 0.324. The molecule has 3 aromatic carbocycles. The molecule has 3 heterocycles. The van der Waals surface area contributed by atoms with Crippen LogP contribution in [0.25, 0.3) is 10.9 Å². The number of H-pyrrole nitrogens is 1. The number of carbonyl (C=O) groups excluding carboxylic acids is 2. The molecular formula is C31H30FN3O4. The first-order valence-electron chi connectivity index (χ1n) is 13.0. The molecule has 2 amide bonds. The topological polar surface area (TPSA) is 74.9 Å². The summed E-state index contributed by atoms with van der Waals surface area (Å²) >= 11 is 0. The van der Waals surface area contributed by atoms with Crippen molar-refractivity contribution in [3.05, 3.63) is 94.9 Å². The Labute approximate surface area is 226 Å². The third kappa shape index (κ3) is 3.77. The van der Waals surface area contributed by atoms with Gasteiger partial charge in [0.2, 0.25) is 5.91 Å². The number of halogens is 1. The number of aromatic amines is 1. The fourth-order valence-corrected chi connectivity index (χ4v) is 6.28. The van der Waals surface area contributed by atoms with Gasteiger partial charge < -0.3 is 24.3 Å². The molecule has 1 saturated heterocycles. The molecular weight excluding hydrogens is 497 g/mol. The molecule has 2 aliphatic heterocycles. The van der Waals surface area contributed by atoms with Gasteiger partial charge in [-0.05, 0) is 42.7 Å². The van der Waals surface area contributed by atoms with Crippen LogP contribution in [0, 0.1) is 5.82 Å². The van der Waals surface area contributed by atoms with E-state index in [2.05, 4.69) is 4.98 Å². The van der Waals surface area contributed by atoms with Gasteiger partial charge in [-0.2, -0.15) is 0 Å². The van der Waals surface area contributed by atoms with E-state index in [1.165, 1.54) is 6.07 Å². The number of nitrogens with zero attached hydrogens (tertiary/aromatic N) is 2. The standard InChI is InChI=1S/C31H30FN3O4/c1-31-29-27(21-10-5-7-13-24(21)33-29)22(20-11-8-14-25(38-2)28(20)39-3)17-35(31)26(36)18-34(30(31)37)16-15-19-9-4-6-12-23(19)32/h4-14,22,33H,15-18H2,1-3H3/t22-,31-/m0/s1. The van der Waals surface area contributed by atoms with Crippen molar-refractivity contribution in [2.24, 2.45) is 0 Å². The highest BCUT2D eigenvalue weighted by Gasteiger charge is 2.56. The van der Waals surface area contributed by atoms with Crippen molar-refractivity contribution >= 4 is 22.7 Å². The summed E-state index contributed by atoms with van der Waals surface area (Å²) in [5.74, 6) is 0.309. The highest BCUT2D eigenvalue weighted by atomic mass is 19.1. The lowest BCUT2D eigenvalue weighted by molar-refractivity contribution is -0.166. The van der Waals surface area contributed by atoms with Crippen molar-refractivity contribution in [1.29, 1.82) is 0 Å². The molecule has 0 spiro atoms. The molecule has 4 aromatic rings.